The van der Waals surface area contributed by atoms with Crippen LogP contribution in [0.2, 0.25) is 0 Å². The maximum Gasteiger partial charge on any atom is 0.227 e. The number of carbonyl (C=O) groups excluding carboxylic acids is 2. The van der Waals surface area contributed by atoms with E-state index in [-0.39, 0.29) is 17.7 Å². The van der Waals surface area contributed by atoms with E-state index in [2.05, 4.69) is 5.32 Å². The highest BCUT2D eigenvalue weighted by Crippen LogP contribution is 2.24. The monoisotopic (exact) mass is 352 g/mol. The van der Waals surface area contributed by atoms with Crippen LogP contribution in [0, 0.1) is 5.92 Å². The molecule has 136 valence electrons. The van der Waals surface area contributed by atoms with Gasteiger partial charge in [0.05, 0.1) is 13.0 Å². The van der Waals surface area contributed by atoms with Crippen LogP contribution >= 0.6 is 0 Å². The molecular weight excluding hydrogens is 328 g/mol. The van der Waals surface area contributed by atoms with Crippen molar-refractivity contribution in [2.45, 2.75) is 19.8 Å². The number of nitrogens with zero attached hydrogens (tertiary/aromatic N) is 1. The SMILES string of the molecule is CCOc1ccc(CC(=O)NCC2CC(=O)N(c3ccccc3)C2)cc1. The molecule has 1 aliphatic rings. The van der Waals surface area contributed by atoms with Crippen LogP contribution in [0.3, 0.4) is 0 Å². The number of carbonyl (C=O) groups is 2. The number of para-hydroxylation sites is 1. The lowest BCUT2D eigenvalue weighted by atomic mass is 10.1. The van der Waals surface area contributed by atoms with Crippen molar-refractivity contribution in [2.75, 3.05) is 24.6 Å². The summed E-state index contributed by atoms with van der Waals surface area (Å²) in [5.41, 5.74) is 1.86. The zero-order valence-corrected chi connectivity index (χ0v) is 15.0. The second-order valence-electron chi connectivity index (χ2n) is 6.47. The van der Waals surface area contributed by atoms with Crippen LogP contribution in [0.5, 0.6) is 5.75 Å². The fourth-order valence-electron chi connectivity index (χ4n) is 3.15. The van der Waals surface area contributed by atoms with Crippen molar-refractivity contribution < 1.29 is 14.3 Å². The molecule has 0 spiro atoms. The molecule has 5 heteroatoms. The summed E-state index contributed by atoms with van der Waals surface area (Å²) in [7, 11) is 0. The normalized spacial score (nSPS) is 16.6. The molecule has 2 amide bonds. The van der Waals surface area contributed by atoms with E-state index in [1.165, 1.54) is 0 Å². The summed E-state index contributed by atoms with van der Waals surface area (Å²) in [5.74, 6) is 1.04. The standard InChI is InChI=1S/C21H24N2O3/c1-2-26-19-10-8-16(9-11-19)12-20(24)22-14-17-13-21(25)23(15-17)18-6-4-3-5-7-18/h3-11,17H,2,12-15H2,1H3,(H,22,24). The van der Waals surface area contributed by atoms with Crippen molar-refractivity contribution in [3.63, 3.8) is 0 Å². The van der Waals surface area contributed by atoms with E-state index in [4.69, 9.17) is 4.74 Å². The van der Waals surface area contributed by atoms with Gasteiger partial charge in [-0.25, -0.2) is 0 Å². The van der Waals surface area contributed by atoms with Crippen LogP contribution in [0.15, 0.2) is 54.6 Å². The van der Waals surface area contributed by atoms with E-state index >= 15 is 0 Å². The van der Waals surface area contributed by atoms with Crippen LogP contribution in [0.1, 0.15) is 18.9 Å². The van der Waals surface area contributed by atoms with Crippen molar-refractivity contribution in [2.24, 2.45) is 5.92 Å². The molecule has 1 saturated heterocycles. The van der Waals surface area contributed by atoms with Gasteiger partial charge in [0.25, 0.3) is 0 Å². The third-order valence-electron chi connectivity index (χ3n) is 4.46. The van der Waals surface area contributed by atoms with Gasteiger partial charge in [-0.2, -0.15) is 0 Å². The van der Waals surface area contributed by atoms with Gasteiger partial charge in [0.1, 0.15) is 5.75 Å². The Labute approximate surface area is 154 Å². The maximum atomic E-state index is 12.2. The second kappa shape index (κ2) is 8.52. The molecule has 1 aliphatic heterocycles. The molecule has 1 unspecified atom stereocenters. The van der Waals surface area contributed by atoms with Gasteiger partial charge in [-0.3, -0.25) is 9.59 Å². The molecule has 26 heavy (non-hydrogen) atoms. The molecule has 0 aliphatic carbocycles. The number of hydrogen-bond donors (Lipinski definition) is 1. The number of anilines is 1. The molecule has 2 aromatic rings. The van der Waals surface area contributed by atoms with Crippen LogP contribution < -0.4 is 15.0 Å². The number of amides is 2. The van der Waals surface area contributed by atoms with Gasteiger partial charge in [-0.15, -0.1) is 0 Å². The third-order valence-corrected chi connectivity index (χ3v) is 4.46. The highest BCUT2D eigenvalue weighted by molar-refractivity contribution is 5.95. The predicted octanol–water partition coefficient (Wildman–Crippen LogP) is 2.80. The van der Waals surface area contributed by atoms with Crippen LogP contribution in [-0.4, -0.2) is 31.5 Å². The van der Waals surface area contributed by atoms with E-state index in [1.54, 1.807) is 4.90 Å². The van der Waals surface area contributed by atoms with Crippen molar-refractivity contribution in [3.8, 4) is 5.75 Å². The Morgan fingerprint density at radius 3 is 2.58 bits per heavy atom. The van der Waals surface area contributed by atoms with E-state index in [9.17, 15) is 9.59 Å². The summed E-state index contributed by atoms with van der Waals surface area (Å²) in [5, 5.41) is 2.96. The largest absolute Gasteiger partial charge is 0.494 e. The minimum atomic E-state index is -0.0280. The van der Waals surface area contributed by atoms with Gasteiger partial charge in [-0.05, 0) is 36.8 Å². The average molecular weight is 352 g/mol. The summed E-state index contributed by atoms with van der Waals surface area (Å²) in [6.45, 7) is 3.73. The fourth-order valence-corrected chi connectivity index (χ4v) is 3.15. The highest BCUT2D eigenvalue weighted by Gasteiger charge is 2.30. The van der Waals surface area contributed by atoms with Gasteiger partial charge < -0.3 is 15.0 Å². The Kier molecular flexibility index (Phi) is 5.89. The van der Waals surface area contributed by atoms with Gasteiger partial charge in [0, 0.05) is 31.1 Å². The minimum Gasteiger partial charge on any atom is -0.494 e. The molecule has 0 bridgehead atoms. The minimum absolute atomic E-state index is 0.0280. The third kappa shape index (κ3) is 4.63. The Balaban J connectivity index is 1.47. The molecule has 1 fully saturated rings. The second-order valence-corrected chi connectivity index (χ2v) is 6.47. The molecule has 1 N–H and O–H groups in total. The summed E-state index contributed by atoms with van der Waals surface area (Å²) < 4.78 is 5.40. The smallest absolute Gasteiger partial charge is 0.227 e. The first-order chi connectivity index (χ1) is 12.7. The summed E-state index contributed by atoms with van der Waals surface area (Å²) in [4.78, 5) is 26.2. The number of nitrogens with one attached hydrogen (secondary N) is 1. The van der Waals surface area contributed by atoms with Gasteiger partial charge in [-0.1, -0.05) is 30.3 Å². The Morgan fingerprint density at radius 2 is 1.88 bits per heavy atom. The number of ether oxygens (including phenoxy) is 1. The van der Waals surface area contributed by atoms with Crippen molar-refractivity contribution in [1.82, 2.24) is 5.32 Å². The zero-order chi connectivity index (χ0) is 18.4. The first-order valence-electron chi connectivity index (χ1n) is 8.99. The molecule has 1 atom stereocenters. The fraction of sp³-hybridized carbons (Fsp3) is 0.333. The lowest BCUT2D eigenvalue weighted by Crippen LogP contribution is -2.32. The molecular formula is C21H24N2O3. The van der Waals surface area contributed by atoms with Gasteiger partial charge in [0.15, 0.2) is 0 Å². The Bertz CT molecular complexity index is 744. The average Bonchev–Trinajstić information content (AvgIpc) is 3.03. The topological polar surface area (TPSA) is 58.6 Å². The number of rotatable bonds is 7. The number of hydrogen-bond acceptors (Lipinski definition) is 3. The molecule has 0 saturated carbocycles. The van der Waals surface area contributed by atoms with Crippen LogP contribution in [-0.2, 0) is 16.0 Å². The van der Waals surface area contributed by atoms with E-state index in [0.29, 0.717) is 32.5 Å². The summed E-state index contributed by atoms with van der Waals surface area (Å²) in [6.07, 6.45) is 0.799. The molecule has 0 aromatic heterocycles. The molecule has 3 rings (SSSR count). The quantitative estimate of drug-likeness (QED) is 0.834. The molecule has 2 aromatic carbocycles. The van der Waals surface area contributed by atoms with E-state index in [0.717, 1.165) is 17.0 Å². The zero-order valence-electron chi connectivity index (χ0n) is 15.0. The Morgan fingerprint density at radius 1 is 1.15 bits per heavy atom. The molecule has 5 nitrogen and oxygen atoms in total. The lowest BCUT2D eigenvalue weighted by molar-refractivity contribution is -0.121. The van der Waals surface area contributed by atoms with E-state index in [1.807, 2.05) is 61.5 Å². The van der Waals surface area contributed by atoms with Crippen molar-refractivity contribution >= 4 is 17.5 Å². The first kappa shape index (κ1) is 18.0. The Hall–Kier alpha value is -2.82. The first-order valence-corrected chi connectivity index (χ1v) is 8.99. The van der Waals surface area contributed by atoms with Crippen LogP contribution in [0.25, 0.3) is 0 Å². The predicted molar refractivity (Wildman–Crippen MR) is 101 cm³/mol. The summed E-state index contributed by atoms with van der Waals surface area (Å²) >= 11 is 0. The highest BCUT2D eigenvalue weighted by atomic mass is 16.5. The van der Waals surface area contributed by atoms with Crippen molar-refractivity contribution in [3.05, 3.63) is 60.2 Å². The summed E-state index contributed by atoms with van der Waals surface area (Å²) in [6, 6.07) is 17.2. The molecule has 0 radical (unpaired) electrons. The van der Waals surface area contributed by atoms with E-state index < -0.39 is 0 Å². The number of benzene rings is 2. The van der Waals surface area contributed by atoms with Gasteiger partial charge in [0.2, 0.25) is 11.8 Å². The lowest BCUT2D eigenvalue weighted by Gasteiger charge is -2.16. The maximum absolute atomic E-state index is 12.2. The van der Waals surface area contributed by atoms with Crippen LogP contribution in [0.4, 0.5) is 5.69 Å². The van der Waals surface area contributed by atoms with Crippen molar-refractivity contribution in [1.29, 1.82) is 0 Å². The molecule has 1 heterocycles. The van der Waals surface area contributed by atoms with Gasteiger partial charge >= 0.3 is 0 Å².